The van der Waals surface area contributed by atoms with E-state index in [0.717, 1.165) is 17.8 Å². The standard InChI is InChI=1S/C10H13N3.2ClH/c1-8-2-3-10-12-9(4-5-11)7-13(10)6-8;;/h2-3,6-7H,4-5,11H2,1H3;2*1H. The third-order valence-corrected chi connectivity index (χ3v) is 2.05. The average Bonchev–Trinajstić information content (AvgIpc) is 2.46. The van der Waals surface area contributed by atoms with Crippen LogP contribution in [0.4, 0.5) is 0 Å². The predicted molar refractivity (Wildman–Crippen MR) is 67.2 cm³/mol. The number of hydrogen-bond acceptors (Lipinski definition) is 2. The topological polar surface area (TPSA) is 43.3 Å². The van der Waals surface area contributed by atoms with Gasteiger partial charge in [0, 0.05) is 18.8 Å². The number of pyridine rings is 1. The summed E-state index contributed by atoms with van der Waals surface area (Å²) in [4.78, 5) is 4.43. The number of fused-ring (bicyclic) bond motifs is 1. The summed E-state index contributed by atoms with van der Waals surface area (Å²) in [5.74, 6) is 0. The first-order valence-corrected chi connectivity index (χ1v) is 4.44. The van der Waals surface area contributed by atoms with E-state index < -0.39 is 0 Å². The minimum Gasteiger partial charge on any atom is -0.330 e. The first kappa shape index (κ1) is 14.2. The predicted octanol–water partition coefficient (Wildman–Crippen LogP) is 1.99. The molecule has 0 atom stereocenters. The van der Waals surface area contributed by atoms with Crippen molar-refractivity contribution in [2.75, 3.05) is 6.54 Å². The Bertz CT molecular complexity index is 426. The number of aromatic nitrogens is 2. The number of aryl methyl sites for hydroxylation is 1. The van der Waals surface area contributed by atoms with Crippen LogP contribution < -0.4 is 5.73 Å². The van der Waals surface area contributed by atoms with Gasteiger partial charge in [0.25, 0.3) is 0 Å². The molecule has 0 saturated heterocycles. The smallest absolute Gasteiger partial charge is 0.136 e. The highest BCUT2D eigenvalue weighted by Crippen LogP contribution is 2.07. The Labute approximate surface area is 102 Å². The first-order chi connectivity index (χ1) is 6.29. The summed E-state index contributed by atoms with van der Waals surface area (Å²) in [6.45, 7) is 2.73. The maximum absolute atomic E-state index is 5.46. The fourth-order valence-corrected chi connectivity index (χ4v) is 1.42. The van der Waals surface area contributed by atoms with Gasteiger partial charge in [0.15, 0.2) is 0 Å². The molecule has 0 aliphatic rings. The second kappa shape index (κ2) is 5.95. The lowest BCUT2D eigenvalue weighted by atomic mass is 10.3. The van der Waals surface area contributed by atoms with E-state index in [9.17, 15) is 0 Å². The summed E-state index contributed by atoms with van der Waals surface area (Å²) < 4.78 is 2.04. The van der Waals surface area contributed by atoms with Gasteiger partial charge >= 0.3 is 0 Å². The van der Waals surface area contributed by atoms with Crippen LogP contribution in [0.15, 0.2) is 24.5 Å². The zero-order valence-corrected chi connectivity index (χ0v) is 10.1. The van der Waals surface area contributed by atoms with Gasteiger partial charge < -0.3 is 10.1 Å². The van der Waals surface area contributed by atoms with Crippen LogP contribution in [0.1, 0.15) is 11.3 Å². The van der Waals surface area contributed by atoms with E-state index in [2.05, 4.69) is 24.2 Å². The van der Waals surface area contributed by atoms with E-state index in [1.165, 1.54) is 5.56 Å². The molecule has 84 valence electrons. The molecule has 2 rings (SSSR count). The van der Waals surface area contributed by atoms with Crippen LogP contribution in [0.3, 0.4) is 0 Å². The van der Waals surface area contributed by atoms with E-state index in [4.69, 9.17) is 5.73 Å². The SMILES string of the molecule is Cc1ccc2nc(CCN)cn2c1.Cl.Cl. The summed E-state index contributed by atoms with van der Waals surface area (Å²) in [6, 6.07) is 4.09. The molecule has 15 heavy (non-hydrogen) atoms. The van der Waals surface area contributed by atoms with Crippen LogP contribution in [0.5, 0.6) is 0 Å². The van der Waals surface area contributed by atoms with Crippen molar-refractivity contribution >= 4 is 30.5 Å². The fraction of sp³-hybridized carbons (Fsp3) is 0.300. The molecule has 3 nitrogen and oxygen atoms in total. The third-order valence-electron chi connectivity index (χ3n) is 2.05. The number of hydrogen-bond donors (Lipinski definition) is 1. The molecular formula is C10H15Cl2N3. The molecular weight excluding hydrogens is 233 g/mol. The molecule has 2 N–H and O–H groups in total. The van der Waals surface area contributed by atoms with Crippen molar-refractivity contribution in [1.82, 2.24) is 9.38 Å². The van der Waals surface area contributed by atoms with Gasteiger partial charge in [0.1, 0.15) is 5.65 Å². The summed E-state index contributed by atoms with van der Waals surface area (Å²) in [7, 11) is 0. The molecule has 2 heterocycles. The molecule has 2 aromatic rings. The Balaban J connectivity index is 0.000000980. The van der Waals surface area contributed by atoms with Gasteiger partial charge in [-0.1, -0.05) is 6.07 Å². The largest absolute Gasteiger partial charge is 0.330 e. The van der Waals surface area contributed by atoms with E-state index in [-0.39, 0.29) is 24.8 Å². The Hall–Kier alpha value is -0.770. The first-order valence-electron chi connectivity index (χ1n) is 4.44. The molecule has 0 radical (unpaired) electrons. The van der Waals surface area contributed by atoms with E-state index in [0.29, 0.717) is 6.54 Å². The van der Waals surface area contributed by atoms with Crippen LogP contribution in [-0.4, -0.2) is 15.9 Å². The summed E-state index contributed by atoms with van der Waals surface area (Å²) in [5, 5.41) is 0. The number of rotatable bonds is 2. The second-order valence-electron chi connectivity index (χ2n) is 3.24. The van der Waals surface area contributed by atoms with Crippen molar-refractivity contribution in [3.05, 3.63) is 35.8 Å². The summed E-state index contributed by atoms with van der Waals surface area (Å²) in [6.07, 6.45) is 4.96. The Morgan fingerprint density at radius 1 is 1.27 bits per heavy atom. The average molecular weight is 248 g/mol. The highest BCUT2D eigenvalue weighted by Gasteiger charge is 1.99. The van der Waals surface area contributed by atoms with E-state index in [1.807, 2.05) is 16.7 Å². The van der Waals surface area contributed by atoms with Crippen molar-refractivity contribution in [3.63, 3.8) is 0 Å². The minimum absolute atomic E-state index is 0. The Kier molecular flexibility index (Phi) is 5.65. The van der Waals surface area contributed by atoms with Crippen molar-refractivity contribution in [1.29, 1.82) is 0 Å². The van der Waals surface area contributed by atoms with Crippen LogP contribution in [0.25, 0.3) is 5.65 Å². The van der Waals surface area contributed by atoms with Gasteiger partial charge in [-0.2, -0.15) is 0 Å². The molecule has 0 bridgehead atoms. The van der Waals surface area contributed by atoms with Gasteiger partial charge in [-0.25, -0.2) is 4.98 Å². The van der Waals surface area contributed by atoms with Gasteiger partial charge in [-0.05, 0) is 25.1 Å². The zero-order valence-electron chi connectivity index (χ0n) is 8.51. The van der Waals surface area contributed by atoms with Crippen LogP contribution in [-0.2, 0) is 6.42 Å². The maximum atomic E-state index is 5.46. The highest BCUT2D eigenvalue weighted by atomic mass is 35.5. The van der Waals surface area contributed by atoms with Crippen molar-refractivity contribution < 1.29 is 0 Å². The van der Waals surface area contributed by atoms with Crippen molar-refractivity contribution in [3.8, 4) is 0 Å². The Morgan fingerprint density at radius 2 is 2.00 bits per heavy atom. The number of nitrogens with zero attached hydrogens (tertiary/aromatic N) is 2. The molecule has 0 amide bonds. The summed E-state index contributed by atoms with van der Waals surface area (Å²) >= 11 is 0. The summed E-state index contributed by atoms with van der Waals surface area (Å²) in [5.41, 5.74) is 8.76. The lowest BCUT2D eigenvalue weighted by Crippen LogP contribution is -2.02. The van der Waals surface area contributed by atoms with Crippen molar-refractivity contribution in [2.45, 2.75) is 13.3 Å². The number of halogens is 2. The lowest BCUT2D eigenvalue weighted by Gasteiger charge is -1.93. The third kappa shape index (κ3) is 3.09. The van der Waals surface area contributed by atoms with Gasteiger partial charge in [-0.3, -0.25) is 0 Å². The monoisotopic (exact) mass is 247 g/mol. The molecule has 0 aromatic carbocycles. The van der Waals surface area contributed by atoms with E-state index >= 15 is 0 Å². The molecule has 0 aliphatic heterocycles. The molecule has 2 aromatic heterocycles. The maximum Gasteiger partial charge on any atom is 0.136 e. The highest BCUT2D eigenvalue weighted by molar-refractivity contribution is 5.85. The van der Waals surface area contributed by atoms with Crippen LogP contribution >= 0.6 is 24.8 Å². The minimum atomic E-state index is 0. The quantitative estimate of drug-likeness (QED) is 0.883. The van der Waals surface area contributed by atoms with E-state index in [1.54, 1.807) is 0 Å². The second-order valence-corrected chi connectivity index (χ2v) is 3.24. The van der Waals surface area contributed by atoms with Crippen LogP contribution in [0, 0.1) is 6.92 Å². The molecule has 5 heteroatoms. The van der Waals surface area contributed by atoms with Gasteiger partial charge in [0.05, 0.1) is 5.69 Å². The molecule has 0 aliphatic carbocycles. The fourth-order valence-electron chi connectivity index (χ4n) is 1.42. The molecule has 0 spiro atoms. The molecule has 0 saturated carbocycles. The molecule has 0 fully saturated rings. The Morgan fingerprint density at radius 3 is 2.67 bits per heavy atom. The van der Waals surface area contributed by atoms with Crippen LogP contribution in [0.2, 0.25) is 0 Å². The van der Waals surface area contributed by atoms with Gasteiger partial charge in [0.2, 0.25) is 0 Å². The van der Waals surface area contributed by atoms with Gasteiger partial charge in [-0.15, -0.1) is 24.8 Å². The number of imidazole rings is 1. The van der Waals surface area contributed by atoms with Crippen molar-refractivity contribution in [2.24, 2.45) is 5.73 Å². The zero-order chi connectivity index (χ0) is 9.26. The molecule has 0 unspecified atom stereocenters. The lowest BCUT2D eigenvalue weighted by molar-refractivity contribution is 0.937. The normalized spacial score (nSPS) is 9.47. The number of nitrogens with two attached hydrogens (primary N) is 1.